The maximum Gasteiger partial charge on any atom is 0.176 e. The number of benzene rings is 1. The number of carbonyl (C=O) groups is 1. The number of fused-ring (bicyclic) bond motifs is 1. The number of halogens is 1. The van der Waals surface area contributed by atoms with Gasteiger partial charge in [0.15, 0.2) is 5.78 Å². The van der Waals surface area contributed by atoms with Crippen molar-refractivity contribution in [2.45, 2.75) is 19.3 Å². The normalized spacial score (nSPS) is 19.5. The Balaban J connectivity index is 2.68. The summed E-state index contributed by atoms with van der Waals surface area (Å²) in [4.78, 5) is 11.7. The fourth-order valence-electron chi connectivity index (χ4n) is 2.12. The Kier molecular flexibility index (Phi) is 2.35. The van der Waals surface area contributed by atoms with Gasteiger partial charge in [0.1, 0.15) is 5.82 Å². The monoisotopic (exact) mass is 207 g/mol. The Morgan fingerprint density at radius 1 is 1.40 bits per heavy atom. The lowest BCUT2D eigenvalue weighted by molar-refractivity contribution is 0.0993. The summed E-state index contributed by atoms with van der Waals surface area (Å²) in [6.45, 7) is 4.80. The molecule has 1 aliphatic rings. The van der Waals surface area contributed by atoms with Crippen molar-refractivity contribution >= 4 is 5.78 Å². The maximum absolute atomic E-state index is 13.7. The van der Waals surface area contributed by atoms with E-state index >= 15 is 0 Å². The lowest BCUT2D eigenvalue weighted by Crippen LogP contribution is -2.32. The Hall–Kier alpha value is -1.22. The molecule has 1 aliphatic heterocycles. The molecule has 0 amide bonds. The Labute approximate surface area is 88.5 Å². The summed E-state index contributed by atoms with van der Waals surface area (Å²) in [7, 11) is 0. The van der Waals surface area contributed by atoms with Crippen molar-refractivity contribution < 1.29 is 9.18 Å². The molecule has 1 N–H and O–H groups in total. The van der Waals surface area contributed by atoms with Crippen LogP contribution in [0, 0.1) is 5.82 Å². The van der Waals surface area contributed by atoms with Crippen molar-refractivity contribution in [3.8, 4) is 0 Å². The highest BCUT2D eigenvalue weighted by Gasteiger charge is 2.31. The van der Waals surface area contributed by atoms with Gasteiger partial charge < -0.3 is 5.32 Å². The first-order chi connectivity index (χ1) is 7.02. The van der Waals surface area contributed by atoms with E-state index < -0.39 is 0 Å². The van der Waals surface area contributed by atoms with Gasteiger partial charge in [0.25, 0.3) is 0 Å². The standard InChI is InChI=1S/C12H14FNO/c1-12(2)7-14-6-10(15)8-4-3-5-9(13)11(8)12/h3-5,14H,6-7H2,1-2H3. The Bertz CT molecular complexity index is 412. The van der Waals surface area contributed by atoms with Crippen LogP contribution in [0.3, 0.4) is 0 Å². The Morgan fingerprint density at radius 2 is 2.13 bits per heavy atom. The maximum atomic E-state index is 13.7. The molecule has 0 bridgehead atoms. The van der Waals surface area contributed by atoms with Crippen LogP contribution in [-0.2, 0) is 5.41 Å². The van der Waals surface area contributed by atoms with Crippen molar-refractivity contribution in [1.29, 1.82) is 0 Å². The van der Waals surface area contributed by atoms with Gasteiger partial charge in [-0.05, 0) is 6.07 Å². The van der Waals surface area contributed by atoms with Crippen LogP contribution in [0.2, 0.25) is 0 Å². The van der Waals surface area contributed by atoms with Gasteiger partial charge in [-0.2, -0.15) is 0 Å². The third kappa shape index (κ3) is 1.67. The summed E-state index contributed by atoms with van der Waals surface area (Å²) in [5, 5.41) is 3.05. The molecule has 1 aromatic rings. The van der Waals surface area contributed by atoms with Crippen LogP contribution in [-0.4, -0.2) is 18.9 Å². The van der Waals surface area contributed by atoms with Crippen molar-refractivity contribution in [2.75, 3.05) is 13.1 Å². The molecule has 15 heavy (non-hydrogen) atoms. The van der Waals surface area contributed by atoms with Crippen molar-refractivity contribution in [3.05, 3.63) is 35.1 Å². The minimum atomic E-state index is -0.340. The van der Waals surface area contributed by atoms with E-state index in [4.69, 9.17) is 0 Å². The zero-order valence-electron chi connectivity index (χ0n) is 8.93. The fraction of sp³-hybridized carbons (Fsp3) is 0.417. The van der Waals surface area contributed by atoms with E-state index in [9.17, 15) is 9.18 Å². The highest BCUT2D eigenvalue weighted by Crippen LogP contribution is 2.30. The van der Waals surface area contributed by atoms with E-state index in [1.165, 1.54) is 6.07 Å². The van der Waals surface area contributed by atoms with Gasteiger partial charge in [0.2, 0.25) is 0 Å². The van der Waals surface area contributed by atoms with E-state index in [1.54, 1.807) is 12.1 Å². The topological polar surface area (TPSA) is 29.1 Å². The summed E-state index contributed by atoms with van der Waals surface area (Å²) in [6.07, 6.45) is 0. The molecule has 2 rings (SSSR count). The number of hydrogen-bond donors (Lipinski definition) is 1. The third-order valence-corrected chi connectivity index (χ3v) is 2.84. The Morgan fingerprint density at radius 3 is 2.87 bits per heavy atom. The SMILES string of the molecule is CC1(C)CNCC(=O)c2cccc(F)c21. The molecule has 0 aliphatic carbocycles. The first-order valence-corrected chi connectivity index (χ1v) is 5.05. The predicted octanol–water partition coefficient (Wildman–Crippen LogP) is 1.89. The molecular formula is C12H14FNO. The molecule has 0 aromatic heterocycles. The third-order valence-electron chi connectivity index (χ3n) is 2.84. The summed E-state index contributed by atoms with van der Waals surface area (Å²) in [5.41, 5.74) is 0.720. The largest absolute Gasteiger partial charge is 0.309 e. The van der Waals surface area contributed by atoms with Crippen LogP contribution in [0.4, 0.5) is 4.39 Å². The predicted molar refractivity (Wildman–Crippen MR) is 56.6 cm³/mol. The minimum Gasteiger partial charge on any atom is -0.309 e. The molecule has 0 atom stereocenters. The summed E-state index contributed by atoms with van der Waals surface area (Å²) in [5.74, 6) is -0.315. The van der Waals surface area contributed by atoms with Crippen LogP contribution in [0.25, 0.3) is 0 Å². The zero-order valence-corrected chi connectivity index (χ0v) is 8.93. The highest BCUT2D eigenvalue weighted by molar-refractivity contribution is 5.99. The van der Waals surface area contributed by atoms with Crippen LogP contribution in [0.1, 0.15) is 29.8 Å². The second kappa shape index (κ2) is 3.42. The molecule has 1 aromatic carbocycles. The second-order valence-electron chi connectivity index (χ2n) is 4.57. The van der Waals surface area contributed by atoms with E-state index in [-0.39, 0.29) is 17.0 Å². The summed E-state index contributed by atoms with van der Waals surface area (Å²) in [6, 6.07) is 4.71. The molecular weight excluding hydrogens is 193 g/mol. The molecule has 0 saturated carbocycles. The molecule has 2 nitrogen and oxygen atoms in total. The number of rotatable bonds is 0. The molecule has 80 valence electrons. The fourth-order valence-corrected chi connectivity index (χ4v) is 2.12. The van der Waals surface area contributed by atoms with Gasteiger partial charge in [0.05, 0.1) is 6.54 Å². The molecule has 0 saturated heterocycles. The molecule has 0 radical (unpaired) electrons. The number of Topliss-reactive ketones (excluding diaryl/α,β-unsaturated/α-hetero) is 1. The van der Waals surface area contributed by atoms with Gasteiger partial charge in [0, 0.05) is 23.1 Å². The number of ketones is 1. The van der Waals surface area contributed by atoms with E-state index in [2.05, 4.69) is 5.32 Å². The first kappa shape index (κ1) is 10.3. The van der Waals surface area contributed by atoms with Gasteiger partial charge in [-0.15, -0.1) is 0 Å². The van der Waals surface area contributed by atoms with Crippen LogP contribution < -0.4 is 5.32 Å². The molecule has 1 heterocycles. The second-order valence-corrected chi connectivity index (χ2v) is 4.57. The van der Waals surface area contributed by atoms with Gasteiger partial charge >= 0.3 is 0 Å². The minimum absolute atomic E-state index is 0.0323. The van der Waals surface area contributed by atoms with Crippen LogP contribution in [0.5, 0.6) is 0 Å². The number of carbonyl (C=O) groups excluding carboxylic acids is 1. The van der Waals surface area contributed by atoms with E-state index in [1.807, 2.05) is 13.8 Å². The quantitative estimate of drug-likeness (QED) is 0.704. The summed E-state index contributed by atoms with van der Waals surface area (Å²) < 4.78 is 13.7. The first-order valence-electron chi connectivity index (χ1n) is 5.05. The van der Waals surface area contributed by atoms with Crippen molar-refractivity contribution in [1.82, 2.24) is 5.32 Å². The smallest absolute Gasteiger partial charge is 0.176 e. The average molecular weight is 207 g/mol. The van der Waals surface area contributed by atoms with Crippen LogP contribution >= 0.6 is 0 Å². The van der Waals surface area contributed by atoms with Crippen molar-refractivity contribution in [3.63, 3.8) is 0 Å². The molecule has 0 unspecified atom stereocenters. The molecule has 3 heteroatoms. The van der Waals surface area contributed by atoms with Gasteiger partial charge in [-0.1, -0.05) is 26.0 Å². The number of nitrogens with one attached hydrogen (secondary N) is 1. The van der Waals surface area contributed by atoms with E-state index in [0.29, 0.717) is 24.2 Å². The molecule has 0 fully saturated rings. The zero-order chi connectivity index (χ0) is 11.1. The molecule has 0 spiro atoms. The summed E-state index contributed by atoms with van der Waals surface area (Å²) >= 11 is 0. The lowest BCUT2D eigenvalue weighted by Gasteiger charge is -2.25. The van der Waals surface area contributed by atoms with Crippen LogP contribution in [0.15, 0.2) is 18.2 Å². The van der Waals surface area contributed by atoms with Gasteiger partial charge in [-0.3, -0.25) is 4.79 Å². The number of hydrogen-bond acceptors (Lipinski definition) is 2. The van der Waals surface area contributed by atoms with Crippen molar-refractivity contribution in [2.24, 2.45) is 0 Å². The van der Waals surface area contributed by atoms with Gasteiger partial charge in [-0.25, -0.2) is 4.39 Å². The lowest BCUT2D eigenvalue weighted by atomic mass is 9.81. The average Bonchev–Trinajstić information content (AvgIpc) is 2.26. The highest BCUT2D eigenvalue weighted by atomic mass is 19.1. The van der Waals surface area contributed by atoms with E-state index in [0.717, 1.165) is 0 Å².